The van der Waals surface area contributed by atoms with Crippen molar-refractivity contribution in [3.8, 4) is 0 Å². The fraction of sp³-hybridized carbons (Fsp3) is 0.333. The normalized spacial score (nSPS) is 11.9. The first-order valence-corrected chi connectivity index (χ1v) is 7.25. The largest absolute Gasteiger partial charge is 0.265 e. The van der Waals surface area contributed by atoms with Gasteiger partial charge in [-0.1, -0.05) is 6.07 Å². The summed E-state index contributed by atoms with van der Waals surface area (Å²) in [5.74, 6) is 0. The summed E-state index contributed by atoms with van der Waals surface area (Å²) >= 11 is 0. The van der Waals surface area contributed by atoms with E-state index >= 15 is 0 Å². The van der Waals surface area contributed by atoms with Crippen LogP contribution in [0.15, 0.2) is 18.2 Å². The molecular formula is C12H14N2O3S. The summed E-state index contributed by atoms with van der Waals surface area (Å²) in [6.45, 7) is 3.81. The molecule has 0 atom stereocenters. The summed E-state index contributed by atoms with van der Waals surface area (Å²) in [5, 5.41) is 0. The summed E-state index contributed by atoms with van der Waals surface area (Å²) in [6.07, 6.45) is 1.03. The molecule has 0 saturated heterocycles. The number of fused-ring (bicyclic) bond motifs is 1. The minimum atomic E-state index is -3.43. The zero-order chi connectivity index (χ0) is 13.3. The van der Waals surface area contributed by atoms with Gasteiger partial charge >= 0.3 is 0 Å². The monoisotopic (exact) mass is 266 g/mol. The van der Waals surface area contributed by atoms with E-state index in [0.717, 1.165) is 34.2 Å². The predicted molar refractivity (Wildman–Crippen MR) is 68.6 cm³/mol. The van der Waals surface area contributed by atoms with Gasteiger partial charge in [0.05, 0.1) is 35.3 Å². The third-order valence-corrected chi connectivity index (χ3v) is 3.13. The second-order valence-corrected chi connectivity index (χ2v) is 5.83. The molecule has 1 aromatic heterocycles. The highest BCUT2D eigenvalue weighted by atomic mass is 32.2. The highest BCUT2D eigenvalue weighted by Crippen LogP contribution is 2.15. The molecule has 0 aliphatic rings. The van der Waals surface area contributed by atoms with Crippen LogP contribution in [-0.2, 0) is 20.9 Å². The second-order valence-electron chi connectivity index (χ2n) is 4.18. The van der Waals surface area contributed by atoms with Crippen molar-refractivity contribution >= 4 is 21.2 Å². The van der Waals surface area contributed by atoms with E-state index in [0.29, 0.717) is 0 Å². The number of hydrogen-bond acceptors (Lipinski definition) is 5. The lowest BCUT2D eigenvalue weighted by Crippen LogP contribution is -2.03. The van der Waals surface area contributed by atoms with E-state index in [9.17, 15) is 8.42 Å². The Bertz CT molecular complexity index is 696. The molecule has 0 saturated carbocycles. The zero-order valence-electron chi connectivity index (χ0n) is 10.5. The molecule has 0 N–H and O–H groups in total. The highest BCUT2D eigenvalue weighted by molar-refractivity contribution is 7.85. The van der Waals surface area contributed by atoms with Crippen LogP contribution in [0.5, 0.6) is 0 Å². The first-order valence-electron chi connectivity index (χ1n) is 5.43. The lowest BCUT2D eigenvalue weighted by Gasteiger charge is -2.05. The molecule has 5 nitrogen and oxygen atoms in total. The summed E-state index contributed by atoms with van der Waals surface area (Å²) in [5.41, 5.74) is 4.05. The van der Waals surface area contributed by atoms with Gasteiger partial charge in [-0.3, -0.25) is 4.18 Å². The maximum Gasteiger partial charge on any atom is 0.264 e. The van der Waals surface area contributed by atoms with Gasteiger partial charge in [0, 0.05) is 0 Å². The van der Waals surface area contributed by atoms with Crippen LogP contribution in [0, 0.1) is 13.8 Å². The molecule has 2 rings (SSSR count). The molecule has 0 amide bonds. The van der Waals surface area contributed by atoms with Crippen molar-refractivity contribution in [1.82, 2.24) is 9.97 Å². The van der Waals surface area contributed by atoms with Gasteiger partial charge in [-0.05, 0) is 31.5 Å². The van der Waals surface area contributed by atoms with E-state index in [-0.39, 0.29) is 6.61 Å². The molecule has 2 aromatic rings. The zero-order valence-corrected chi connectivity index (χ0v) is 11.3. The fourth-order valence-corrected chi connectivity index (χ4v) is 1.89. The third kappa shape index (κ3) is 3.02. The number of hydrogen-bond donors (Lipinski definition) is 0. The SMILES string of the molecule is Cc1nc2ccc(COS(C)(=O)=O)cc2nc1C. The lowest BCUT2D eigenvalue weighted by atomic mass is 10.2. The van der Waals surface area contributed by atoms with Crippen LogP contribution in [0.25, 0.3) is 11.0 Å². The molecule has 0 spiro atoms. The van der Waals surface area contributed by atoms with Crippen molar-refractivity contribution in [1.29, 1.82) is 0 Å². The smallest absolute Gasteiger partial charge is 0.264 e. The summed E-state index contributed by atoms with van der Waals surface area (Å²) < 4.78 is 26.6. The Labute approximate surface area is 106 Å². The summed E-state index contributed by atoms with van der Waals surface area (Å²) in [4.78, 5) is 8.82. The molecule has 0 aliphatic heterocycles. The lowest BCUT2D eigenvalue weighted by molar-refractivity contribution is 0.312. The van der Waals surface area contributed by atoms with Crippen molar-refractivity contribution in [2.75, 3.05) is 6.26 Å². The van der Waals surface area contributed by atoms with Crippen molar-refractivity contribution in [2.45, 2.75) is 20.5 Å². The Kier molecular flexibility index (Phi) is 3.32. The predicted octanol–water partition coefficient (Wildman–Crippen LogP) is 1.72. The van der Waals surface area contributed by atoms with Crippen LogP contribution in [0.4, 0.5) is 0 Å². The Morgan fingerprint density at radius 1 is 1.11 bits per heavy atom. The van der Waals surface area contributed by atoms with Crippen LogP contribution in [-0.4, -0.2) is 24.6 Å². The van der Waals surface area contributed by atoms with Crippen LogP contribution < -0.4 is 0 Å². The molecule has 1 aromatic carbocycles. The van der Waals surface area contributed by atoms with Crippen LogP contribution >= 0.6 is 0 Å². The van der Waals surface area contributed by atoms with Gasteiger partial charge in [0.1, 0.15) is 0 Å². The summed E-state index contributed by atoms with van der Waals surface area (Å²) in [6, 6.07) is 5.40. The highest BCUT2D eigenvalue weighted by Gasteiger charge is 2.05. The van der Waals surface area contributed by atoms with E-state index in [2.05, 4.69) is 9.97 Å². The van der Waals surface area contributed by atoms with E-state index < -0.39 is 10.1 Å². The second kappa shape index (κ2) is 4.62. The van der Waals surface area contributed by atoms with Gasteiger partial charge in [0.15, 0.2) is 0 Å². The van der Waals surface area contributed by atoms with Gasteiger partial charge in [-0.2, -0.15) is 8.42 Å². The van der Waals surface area contributed by atoms with Crippen LogP contribution in [0.3, 0.4) is 0 Å². The molecule has 0 bridgehead atoms. The van der Waals surface area contributed by atoms with Gasteiger partial charge in [0.25, 0.3) is 10.1 Å². The standard InChI is InChI=1S/C12H14N2O3S/c1-8-9(2)14-12-6-10(4-5-11(12)13-8)7-17-18(3,15)16/h4-6H,7H2,1-3H3. The Hall–Kier alpha value is -1.53. The van der Waals surface area contributed by atoms with Gasteiger partial charge in [-0.25, -0.2) is 9.97 Å². The number of aryl methyl sites for hydroxylation is 2. The maximum absolute atomic E-state index is 10.9. The molecule has 96 valence electrons. The molecular weight excluding hydrogens is 252 g/mol. The van der Waals surface area contributed by atoms with Crippen LogP contribution in [0.1, 0.15) is 17.0 Å². The molecule has 0 radical (unpaired) electrons. The number of aromatic nitrogens is 2. The number of benzene rings is 1. The minimum absolute atomic E-state index is 0.0172. The topological polar surface area (TPSA) is 69.2 Å². The average Bonchev–Trinajstić information content (AvgIpc) is 2.27. The van der Waals surface area contributed by atoms with Gasteiger partial charge in [0.2, 0.25) is 0 Å². The Morgan fingerprint density at radius 3 is 2.33 bits per heavy atom. The number of nitrogens with zero attached hydrogens (tertiary/aromatic N) is 2. The third-order valence-electron chi connectivity index (χ3n) is 2.58. The first kappa shape index (κ1) is 12.9. The average molecular weight is 266 g/mol. The van der Waals surface area contributed by atoms with Crippen molar-refractivity contribution in [3.05, 3.63) is 35.2 Å². The van der Waals surface area contributed by atoms with E-state index in [4.69, 9.17) is 4.18 Å². The summed E-state index contributed by atoms with van der Waals surface area (Å²) in [7, 11) is -3.43. The van der Waals surface area contributed by atoms with E-state index in [1.54, 1.807) is 12.1 Å². The molecule has 0 unspecified atom stereocenters. The maximum atomic E-state index is 10.9. The first-order chi connectivity index (χ1) is 8.35. The van der Waals surface area contributed by atoms with Crippen molar-refractivity contribution in [3.63, 3.8) is 0 Å². The minimum Gasteiger partial charge on any atom is -0.265 e. The molecule has 1 heterocycles. The molecule has 0 aliphatic carbocycles. The Balaban J connectivity index is 2.35. The van der Waals surface area contributed by atoms with Crippen molar-refractivity contribution in [2.24, 2.45) is 0 Å². The number of rotatable bonds is 3. The molecule has 18 heavy (non-hydrogen) atoms. The van der Waals surface area contributed by atoms with E-state index in [1.807, 2.05) is 19.9 Å². The van der Waals surface area contributed by atoms with Gasteiger partial charge < -0.3 is 0 Å². The molecule has 6 heteroatoms. The van der Waals surface area contributed by atoms with Gasteiger partial charge in [-0.15, -0.1) is 0 Å². The van der Waals surface area contributed by atoms with Crippen LogP contribution in [0.2, 0.25) is 0 Å². The quantitative estimate of drug-likeness (QED) is 0.791. The molecule has 0 fully saturated rings. The van der Waals surface area contributed by atoms with E-state index in [1.165, 1.54) is 0 Å². The Morgan fingerprint density at radius 2 is 1.72 bits per heavy atom. The van der Waals surface area contributed by atoms with Crippen molar-refractivity contribution < 1.29 is 12.6 Å². The fourth-order valence-electron chi connectivity index (χ4n) is 1.54.